The van der Waals surface area contributed by atoms with Gasteiger partial charge in [0.2, 0.25) is 5.91 Å². The van der Waals surface area contributed by atoms with Gasteiger partial charge in [0.25, 0.3) is 0 Å². The van der Waals surface area contributed by atoms with Crippen LogP contribution in [0.5, 0.6) is 0 Å². The molecular weight excluding hydrogens is 272 g/mol. The maximum atomic E-state index is 11.8. The third-order valence-corrected chi connectivity index (χ3v) is 4.67. The number of rotatable bonds is 13. The number of nitrogens with zero attached hydrogens (tertiary/aromatic N) is 1. The van der Waals surface area contributed by atoms with Gasteiger partial charge in [-0.15, -0.1) is 0 Å². The SMILES string of the molecule is CCCCCCCCCCCCNC(=O)CN1CCCCC1. The highest BCUT2D eigenvalue weighted by molar-refractivity contribution is 5.77. The van der Waals surface area contributed by atoms with E-state index in [0.717, 1.165) is 26.1 Å². The quantitative estimate of drug-likeness (QED) is 0.508. The number of unbranched alkanes of at least 4 members (excludes halogenated alkanes) is 9. The summed E-state index contributed by atoms with van der Waals surface area (Å²) in [4.78, 5) is 14.1. The molecule has 0 atom stereocenters. The van der Waals surface area contributed by atoms with Gasteiger partial charge < -0.3 is 5.32 Å². The van der Waals surface area contributed by atoms with E-state index in [-0.39, 0.29) is 5.91 Å². The average molecular weight is 311 g/mol. The van der Waals surface area contributed by atoms with E-state index >= 15 is 0 Å². The first-order valence-electron chi connectivity index (χ1n) is 9.82. The van der Waals surface area contributed by atoms with Crippen LogP contribution in [0.1, 0.15) is 90.4 Å². The fourth-order valence-electron chi connectivity index (χ4n) is 3.22. The molecule has 1 fully saturated rings. The lowest BCUT2D eigenvalue weighted by molar-refractivity contribution is -0.122. The molecular formula is C19H38N2O. The standard InChI is InChI=1S/C19H38N2O/c1-2-3-4-5-6-7-8-9-10-12-15-20-19(22)18-21-16-13-11-14-17-21/h2-18H2,1H3,(H,20,22). The Morgan fingerprint density at radius 1 is 0.818 bits per heavy atom. The zero-order valence-corrected chi connectivity index (χ0v) is 14.9. The van der Waals surface area contributed by atoms with Gasteiger partial charge in [-0.25, -0.2) is 0 Å². The van der Waals surface area contributed by atoms with Crippen molar-refractivity contribution in [3.63, 3.8) is 0 Å². The van der Waals surface area contributed by atoms with Gasteiger partial charge in [-0.2, -0.15) is 0 Å². The van der Waals surface area contributed by atoms with E-state index < -0.39 is 0 Å². The van der Waals surface area contributed by atoms with Crippen LogP contribution in [0, 0.1) is 0 Å². The third-order valence-electron chi connectivity index (χ3n) is 4.67. The van der Waals surface area contributed by atoms with Gasteiger partial charge in [-0.1, -0.05) is 71.1 Å². The Hall–Kier alpha value is -0.570. The molecule has 1 saturated heterocycles. The molecule has 3 heteroatoms. The van der Waals surface area contributed by atoms with Gasteiger partial charge in [0.05, 0.1) is 6.54 Å². The summed E-state index contributed by atoms with van der Waals surface area (Å²) in [7, 11) is 0. The van der Waals surface area contributed by atoms with Gasteiger partial charge in [0, 0.05) is 6.54 Å². The lowest BCUT2D eigenvalue weighted by atomic mass is 10.1. The minimum atomic E-state index is 0.220. The highest BCUT2D eigenvalue weighted by Crippen LogP contribution is 2.10. The zero-order chi connectivity index (χ0) is 15.9. The topological polar surface area (TPSA) is 32.3 Å². The van der Waals surface area contributed by atoms with Crippen LogP contribution in [0.4, 0.5) is 0 Å². The fourth-order valence-corrected chi connectivity index (χ4v) is 3.22. The van der Waals surface area contributed by atoms with Crippen molar-refractivity contribution in [3.05, 3.63) is 0 Å². The van der Waals surface area contributed by atoms with Gasteiger partial charge in [-0.3, -0.25) is 9.69 Å². The summed E-state index contributed by atoms with van der Waals surface area (Å²) in [5.41, 5.74) is 0. The van der Waals surface area contributed by atoms with E-state index in [0.29, 0.717) is 6.54 Å². The summed E-state index contributed by atoms with van der Waals surface area (Å²) < 4.78 is 0. The second-order valence-corrected chi connectivity index (χ2v) is 6.87. The smallest absolute Gasteiger partial charge is 0.234 e. The predicted octanol–water partition coefficient (Wildman–Crippen LogP) is 4.51. The van der Waals surface area contributed by atoms with Crippen LogP contribution >= 0.6 is 0 Å². The normalized spacial score (nSPS) is 15.9. The molecule has 1 aliphatic rings. The molecule has 1 amide bonds. The third kappa shape index (κ3) is 11.1. The minimum absolute atomic E-state index is 0.220. The first-order valence-corrected chi connectivity index (χ1v) is 9.82. The molecule has 0 radical (unpaired) electrons. The Balaban J connectivity index is 1.79. The number of carbonyl (C=O) groups excluding carboxylic acids is 1. The summed E-state index contributed by atoms with van der Waals surface area (Å²) in [6.45, 7) is 5.95. The summed E-state index contributed by atoms with van der Waals surface area (Å²) in [5, 5.41) is 3.07. The number of hydrogen-bond acceptors (Lipinski definition) is 2. The molecule has 1 heterocycles. The number of likely N-dealkylation sites (tertiary alicyclic amines) is 1. The summed E-state index contributed by atoms with van der Waals surface area (Å²) in [6, 6.07) is 0. The maximum Gasteiger partial charge on any atom is 0.234 e. The summed E-state index contributed by atoms with van der Waals surface area (Å²) in [5.74, 6) is 0.220. The van der Waals surface area contributed by atoms with Crippen LogP contribution in [-0.2, 0) is 4.79 Å². The highest BCUT2D eigenvalue weighted by atomic mass is 16.2. The molecule has 1 aliphatic heterocycles. The second-order valence-electron chi connectivity index (χ2n) is 6.87. The molecule has 0 aliphatic carbocycles. The Morgan fingerprint density at radius 2 is 1.36 bits per heavy atom. The number of hydrogen-bond donors (Lipinski definition) is 1. The van der Waals surface area contributed by atoms with Crippen molar-refractivity contribution < 1.29 is 4.79 Å². The van der Waals surface area contributed by atoms with E-state index in [1.54, 1.807) is 0 Å². The molecule has 1 N–H and O–H groups in total. The van der Waals surface area contributed by atoms with E-state index in [2.05, 4.69) is 17.1 Å². The molecule has 0 aromatic heterocycles. The van der Waals surface area contributed by atoms with Crippen LogP contribution in [0.25, 0.3) is 0 Å². The van der Waals surface area contributed by atoms with E-state index in [1.807, 2.05) is 0 Å². The summed E-state index contributed by atoms with van der Waals surface area (Å²) in [6.07, 6.45) is 17.3. The number of amides is 1. The summed E-state index contributed by atoms with van der Waals surface area (Å²) >= 11 is 0. The molecule has 0 saturated carbocycles. The Kier molecular flexibility index (Phi) is 12.4. The first kappa shape index (κ1) is 19.5. The Morgan fingerprint density at radius 3 is 1.95 bits per heavy atom. The Labute approximate surface area is 138 Å². The molecule has 130 valence electrons. The average Bonchev–Trinajstić information content (AvgIpc) is 2.53. The van der Waals surface area contributed by atoms with Gasteiger partial charge >= 0.3 is 0 Å². The van der Waals surface area contributed by atoms with Crippen molar-refractivity contribution in [3.8, 4) is 0 Å². The molecule has 0 aromatic carbocycles. The van der Waals surface area contributed by atoms with Crippen LogP contribution in [0.2, 0.25) is 0 Å². The molecule has 1 rings (SSSR count). The van der Waals surface area contributed by atoms with Crippen molar-refractivity contribution in [2.45, 2.75) is 90.4 Å². The van der Waals surface area contributed by atoms with Crippen molar-refractivity contribution in [1.29, 1.82) is 0 Å². The van der Waals surface area contributed by atoms with E-state index in [9.17, 15) is 4.79 Å². The molecule has 22 heavy (non-hydrogen) atoms. The van der Waals surface area contributed by atoms with Gasteiger partial charge in [0.15, 0.2) is 0 Å². The molecule has 0 bridgehead atoms. The lowest BCUT2D eigenvalue weighted by Gasteiger charge is -2.25. The van der Waals surface area contributed by atoms with Crippen LogP contribution in [0.15, 0.2) is 0 Å². The second kappa shape index (κ2) is 14.0. The van der Waals surface area contributed by atoms with Gasteiger partial charge in [0.1, 0.15) is 0 Å². The van der Waals surface area contributed by atoms with Crippen LogP contribution < -0.4 is 5.32 Å². The minimum Gasteiger partial charge on any atom is -0.355 e. The number of carbonyl (C=O) groups is 1. The molecule has 0 spiro atoms. The Bertz CT molecular complexity index is 262. The zero-order valence-electron chi connectivity index (χ0n) is 14.9. The van der Waals surface area contributed by atoms with Crippen molar-refractivity contribution >= 4 is 5.91 Å². The number of piperidine rings is 1. The molecule has 0 unspecified atom stereocenters. The molecule has 3 nitrogen and oxygen atoms in total. The van der Waals surface area contributed by atoms with Crippen LogP contribution in [0.3, 0.4) is 0 Å². The van der Waals surface area contributed by atoms with E-state index in [1.165, 1.54) is 77.0 Å². The van der Waals surface area contributed by atoms with Crippen molar-refractivity contribution in [2.75, 3.05) is 26.2 Å². The predicted molar refractivity (Wildman–Crippen MR) is 95.1 cm³/mol. The number of nitrogens with one attached hydrogen (secondary N) is 1. The van der Waals surface area contributed by atoms with Gasteiger partial charge in [-0.05, 0) is 32.4 Å². The molecule has 0 aromatic rings. The fraction of sp³-hybridized carbons (Fsp3) is 0.947. The van der Waals surface area contributed by atoms with Crippen molar-refractivity contribution in [2.24, 2.45) is 0 Å². The largest absolute Gasteiger partial charge is 0.355 e. The van der Waals surface area contributed by atoms with Crippen LogP contribution in [-0.4, -0.2) is 37.0 Å². The lowest BCUT2D eigenvalue weighted by Crippen LogP contribution is -2.40. The highest BCUT2D eigenvalue weighted by Gasteiger charge is 2.12. The van der Waals surface area contributed by atoms with E-state index in [4.69, 9.17) is 0 Å². The maximum absolute atomic E-state index is 11.8. The monoisotopic (exact) mass is 310 g/mol. The first-order chi connectivity index (χ1) is 10.8. The van der Waals surface area contributed by atoms with Crippen molar-refractivity contribution in [1.82, 2.24) is 10.2 Å².